The number of nitrogens with one attached hydrogen (secondary N) is 1. The summed E-state index contributed by atoms with van der Waals surface area (Å²) < 4.78 is 17.7. The number of rotatable bonds is 8. The highest BCUT2D eigenvalue weighted by atomic mass is 31.2. The van der Waals surface area contributed by atoms with Crippen LogP contribution in [0.4, 0.5) is 0 Å². The van der Waals surface area contributed by atoms with Crippen molar-refractivity contribution in [1.29, 1.82) is 0 Å². The third kappa shape index (κ3) is 4.75. The van der Waals surface area contributed by atoms with Crippen molar-refractivity contribution in [2.45, 2.75) is 51.9 Å². The number of benzene rings is 1. The van der Waals surface area contributed by atoms with Crippen LogP contribution in [0.3, 0.4) is 0 Å². The molecule has 6 heteroatoms. The zero-order valence-corrected chi connectivity index (χ0v) is 14.8. The summed E-state index contributed by atoms with van der Waals surface area (Å²) in [6, 6.07) is 8.61. The van der Waals surface area contributed by atoms with E-state index in [-0.39, 0.29) is 12.6 Å². The van der Waals surface area contributed by atoms with E-state index in [0.717, 1.165) is 0 Å². The smallest absolute Gasteiger partial charge is 0.324 e. The van der Waals surface area contributed by atoms with Gasteiger partial charge in [-0.1, -0.05) is 44.2 Å². The highest BCUT2D eigenvalue weighted by molar-refractivity contribution is 7.55. The van der Waals surface area contributed by atoms with E-state index in [1.807, 2.05) is 13.8 Å². The summed E-state index contributed by atoms with van der Waals surface area (Å²) in [6.45, 7) is 9.06. The molecule has 0 saturated carbocycles. The molecule has 0 aliphatic carbocycles. The largest absolute Gasteiger partial charge is 0.340 e. The lowest BCUT2D eigenvalue weighted by atomic mass is 9.92. The first-order valence-electron chi connectivity index (χ1n) is 7.45. The molecule has 2 unspecified atom stereocenters. The fraction of sp³-hybridized carbons (Fsp3) is 0.562. The van der Waals surface area contributed by atoms with Gasteiger partial charge in [0, 0.05) is 17.1 Å². The number of ketones is 1. The topological polar surface area (TPSA) is 75.6 Å². The highest BCUT2D eigenvalue weighted by Crippen LogP contribution is 2.52. The van der Waals surface area contributed by atoms with Crippen LogP contribution in [0.2, 0.25) is 0 Å². The maximum absolute atomic E-state index is 12.8. The molecule has 1 aromatic carbocycles. The standard InChI is InChI=1S/C16H26NO4P/c1-6-21-22(19,20)15(16(4,5)17-12(2)3)14(18)13-10-8-7-9-11-13/h7-12,15,17H,6H2,1-5H3,(H,19,20). The minimum absolute atomic E-state index is 0.0581. The van der Waals surface area contributed by atoms with Crippen LogP contribution in [-0.4, -0.2) is 34.5 Å². The van der Waals surface area contributed by atoms with Crippen LogP contribution < -0.4 is 5.32 Å². The first-order valence-corrected chi connectivity index (χ1v) is 9.10. The monoisotopic (exact) mass is 327 g/mol. The Morgan fingerprint density at radius 3 is 2.32 bits per heavy atom. The van der Waals surface area contributed by atoms with Gasteiger partial charge in [0.05, 0.1) is 6.61 Å². The molecule has 0 aromatic heterocycles. The molecule has 1 rings (SSSR count). The molecular formula is C16H26NO4P. The van der Waals surface area contributed by atoms with Crippen molar-refractivity contribution in [2.24, 2.45) is 0 Å². The quantitative estimate of drug-likeness (QED) is 0.566. The second-order valence-corrected chi connectivity index (χ2v) is 8.04. The van der Waals surface area contributed by atoms with Gasteiger partial charge < -0.3 is 14.7 Å². The van der Waals surface area contributed by atoms with Gasteiger partial charge in [-0.2, -0.15) is 0 Å². The van der Waals surface area contributed by atoms with Gasteiger partial charge in [0.25, 0.3) is 0 Å². The zero-order valence-electron chi connectivity index (χ0n) is 13.9. The Morgan fingerprint density at radius 1 is 1.32 bits per heavy atom. The van der Waals surface area contributed by atoms with Gasteiger partial charge in [0.2, 0.25) is 0 Å². The molecule has 0 heterocycles. The predicted octanol–water partition coefficient (Wildman–Crippen LogP) is 3.24. The van der Waals surface area contributed by atoms with Crippen molar-refractivity contribution in [3.05, 3.63) is 35.9 Å². The van der Waals surface area contributed by atoms with Crippen molar-refractivity contribution in [2.75, 3.05) is 6.61 Å². The number of hydrogen-bond acceptors (Lipinski definition) is 4. The summed E-state index contributed by atoms with van der Waals surface area (Å²) in [4.78, 5) is 23.2. The molecule has 5 nitrogen and oxygen atoms in total. The fourth-order valence-electron chi connectivity index (χ4n) is 2.73. The van der Waals surface area contributed by atoms with Gasteiger partial charge in [-0.05, 0) is 20.8 Å². The number of carbonyl (C=O) groups is 1. The second kappa shape index (κ2) is 7.51. The van der Waals surface area contributed by atoms with E-state index in [1.165, 1.54) is 0 Å². The van der Waals surface area contributed by atoms with Gasteiger partial charge in [-0.3, -0.25) is 9.36 Å². The zero-order chi connectivity index (χ0) is 17.0. The SMILES string of the molecule is CCOP(=O)(O)C(C(=O)c1ccccc1)C(C)(C)NC(C)C. The Morgan fingerprint density at radius 2 is 1.86 bits per heavy atom. The summed E-state index contributed by atoms with van der Waals surface area (Å²) in [5.74, 6) is -0.391. The maximum Gasteiger partial charge on any atom is 0.340 e. The van der Waals surface area contributed by atoms with Crippen LogP contribution in [0.5, 0.6) is 0 Å². The Balaban J connectivity index is 3.28. The van der Waals surface area contributed by atoms with Crippen LogP contribution in [0.25, 0.3) is 0 Å². The molecule has 2 N–H and O–H groups in total. The third-order valence-corrected chi connectivity index (χ3v) is 5.45. The van der Waals surface area contributed by atoms with Crippen LogP contribution in [0.15, 0.2) is 30.3 Å². The lowest BCUT2D eigenvalue weighted by Gasteiger charge is -2.37. The van der Waals surface area contributed by atoms with E-state index in [1.54, 1.807) is 51.1 Å². The van der Waals surface area contributed by atoms with Gasteiger partial charge in [0.15, 0.2) is 5.78 Å². The first-order chi connectivity index (χ1) is 10.1. The number of Topliss-reactive ketones (excluding diaryl/α,β-unsaturated/α-hetero) is 1. The Labute approximate surface area is 132 Å². The van der Waals surface area contributed by atoms with Crippen LogP contribution in [0.1, 0.15) is 45.0 Å². The van der Waals surface area contributed by atoms with Crippen LogP contribution in [0, 0.1) is 0 Å². The van der Waals surface area contributed by atoms with Crippen LogP contribution >= 0.6 is 7.60 Å². The number of hydrogen-bond donors (Lipinski definition) is 2. The lowest BCUT2D eigenvalue weighted by Crippen LogP contribution is -2.55. The van der Waals surface area contributed by atoms with E-state index in [4.69, 9.17) is 4.52 Å². The fourth-order valence-corrected chi connectivity index (χ4v) is 4.58. The van der Waals surface area contributed by atoms with Gasteiger partial charge in [0.1, 0.15) is 5.66 Å². The van der Waals surface area contributed by atoms with Crippen molar-refractivity contribution >= 4 is 13.4 Å². The average molecular weight is 327 g/mol. The van der Waals surface area contributed by atoms with Crippen LogP contribution in [-0.2, 0) is 9.09 Å². The van der Waals surface area contributed by atoms with E-state index >= 15 is 0 Å². The van der Waals surface area contributed by atoms with E-state index in [0.29, 0.717) is 5.56 Å². The van der Waals surface area contributed by atoms with E-state index in [2.05, 4.69) is 5.32 Å². The molecule has 22 heavy (non-hydrogen) atoms. The molecule has 0 aliphatic heterocycles. The van der Waals surface area contributed by atoms with Crippen molar-refractivity contribution in [3.63, 3.8) is 0 Å². The second-order valence-electron chi connectivity index (χ2n) is 6.14. The molecule has 0 fully saturated rings. The summed E-state index contributed by atoms with van der Waals surface area (Å²) in [7, 11) is -4.11. The summed E-state index contributed by atoms with van der Waals surface area (Å²) in [5, 5.41) is 3.20. The minimum atomic E-state index is -4.11. The molecule has 0 amide bonds. The third-order valence-electron chi connectivity index (χ3n) is 3.29. The van der Waals surface area contributed by atoms with Crippen molar-refractivity contribution in [3.8, 4) is 0 Å². The number of carbonyl (C=O) groups excluding carboxylic acids is 1. The normalized spacial score (nSPS) is 16.3. The molecular weight excluding hydrogens is 301 g/mol. The van der Waals surface area contributed by atoms with E-state index in [9.17, 15) is 14.3 Å². The van der Waals surface area contributed by atoms with Crippen molar-refractivity contribution < 1.29 is 18.8 Å². The first kappa shape index (κ1) is 19.0. The molecule has 1 aromatic rings. The Kier molecular flexibility index (Phi) is 6.50. The van der Waals surface area contributed by atoms with Gasteiger partial charge in [-0.25, -0.2) is 0 Å². The molecule has 0 spiro atoms. The Hall–Kier alpha value is -1.00. The molecule has 0 saturated heterocycles. The maximum atomic E-state index is 12.8. The molecule has 0 bridgehead atoms. The molecule has 2 atom stereocenters. The molecule has 0 radical (unpaired) electrons. The predicted molar refractivity (Wildman–Crippen MR) is 88.4 cm³/mol. The highest BCUT2D eigenvalue weighted by Gasteiger charge is 2.49. The van der Waals surface area contributed by atoms with E-state index < -0.39 is 24.6 Å². The van der Waals surface area contributed by atoms with Crippen molar-refractivity contribution in [1.82, 2.24) is 5.32 Å². The van der Waals surface area contributed by atoms with Gasteiger partial charge >= 0.3 is 7.60 Å². The summed E-state index contributed by atoms with van der Waals surface area (Å²) in [5.41, 5.74) is -1.66. The summed E-state index contributed by atoms with van der Waals surface area (Å²) in [6.07, 6.45) is 0. The van der Waals surface area contributed by atoms with Gasteiger partial charge in [-0.15, -0.1) is 0 Å². The lowest BCUT2D eigenvalue weighted by molar-refractivity contribution is 0.0931. The minimum Gasteiger partial charge on any atom is -0.324 e. The average Bonchev–Trinajstić information content (AvgIpc) is 2.37. The Bertz CT molecular complexity index is 542. The summed E-state index contributed by atoms with van der Waals surface area (Å²) >= 11 is 0. The molecule has 124 valence electrons. The molecule has 0 aliphatic rings.